The van der Waals surface area contributed by atoms with Gasteiger partial charge in [-0.3, -0.25) is 0 Å². The molecule has 0 radical (unpaired) electrons. The van der Waals surface area contributed by atoms with E-state index in [2.05, 4.69) is 186 Å². The summed E-state index contributed by atoms with van der Waals surface area (Å²) in [6, 6.07) is 51.6. The molecular weight excluding hydrogens is 617 g/mol. The molecule has 0 bridgehead atoms. The van der Waals surface area contributed by atoms with E-state index in [0.717, 1.165) is 30.6 Å². The van der Waals surface area contributed by atoms with E-state index in [-0.39, 0.29) is 0 Å². The van der Waals surface area contributed by atoms with Gasteiger partial charge in [0, 0.05) is 33.2 Å². The van der Waals surface area contributed by atoms with E-state index in [0.29, 0.717) is 5.92 Å². The van der Waals surface area contributed by atoms with Crippen molar-refractivity contribution in [2.75, 3.05) is 4.90 Å². The Morgan fingerprint density at radius 2 is 1.35 bits per heavy atom. The van der Waals surface area contributed by atoms with Crippen LogP contribution in [0.15, 0.2) is 164 Å². The first-order chi connectivity index (χ1) is 25.2. The van der Waals surface area contributed by atoms with E-state index >= 15 is 0 Å². The zero-order valence-corrected chi connectivity index (χ0v) is 28.8. The van der Waals surface area contributed by atoms with Crippen LogP contribution in [0.25, 0.3) is 60.7 Å². The SMILES string of the molecule is CC1C=Cc2c(c3ccccc3c3cccc(N(c4ccccc4)c4ccc5c6ccccc6n(-c6cccc(C7=CCCC=C7)c6)c5c4)c23)C1. The average molecular weight is 655 g/mol. The van der Waals surface area contributed by atoms with E-state index < -0.39 is 0 Å². The van der Waals surface area contributed by atoms with Gasteiger partial charge in [-0.1, -0.05) is 128 Å². The van der Waals surface area contributed by atoms with Crippen molar-refractivity contribution in [1.82, 2.24) is 4.57 Å². The predicted octanol–water partition coefficient (Wildman–Crippen LogP) is 13.5. The molecule has 1 atom stereocenters. The molecule has 0 fully saturated rings. The van der Waals surface area contributed by atoms with E-state index in [1.807, 2.05) is 0 Å². The summed E-state index contributed by atoms with van der Waals surface area (Å²) in [7, 11) is 0. The molecule has 2 heteroatoms. The second-order valence-electron chi connectivity index (χ2n) is 14.1. The maximum Gasteiger partial charge on any atom is 0.0561 e. The molecule has 0 spiro atoms. The summed E-state index contributed by atoms with van der Waals surface area (Å²) in [5.74, 6) is 0.504. The van der Waals surface area contributed by atoms with Crippen LogP contribution >= 0.6 is 0 Å². The zero-order chi connectivity index (χ0) is 33.9. The lowest BCUT2D eigenvalue weighted by molar-refractivity contribution is 0.722. The van der Waals surface area contributed by atoms with Gasteiger partial charge in [0.05, 0.1) is 16.7 Å². The number of anilines is 3. The van der Waals surface area contributed by atoms with Gasteiger partial charge in [0.1, 0.15) is 0 Å². The predicted molar refractivity (Wildman–Crippen MR) is 219 cm³/mol. The monoisotopic (exact) mass is 654 g/mol. The molecule has 2 nitrogen and oxygen atoms in total. The van der Waals surface area contributed by atoms with Crippen LogP contribution in [0.1, 0.15) is 36.5 Å². The fourth-order valence-corrected chi connectivity index (χ4v) is 8.60. The summed E-state index contributed by atoms with van der Waals surface area (Å²) in [4.78, 5) is 2.47. The summed E-state index contributed by atoms with van der Waals surface area (Å²) in [5, 5.41) is 7.80. The molecule has 0 saturated heterocycles. The number of hydrogen-bond acceptors (Lipinski definition) is 1. The molecule has 51 heavy (non-hydrogen) atoms. The quantitative estimate of drug-likeness (QED) is 0.168. The van der Waals surface area contributed by atoms with Crippen molar-refractivity contribution in [1.29, 1.82) is 0 Å². The van der Waals surface area contributed by atoms with E-state index in [1.54, 1.807) is 0 Å². The Labute approximate surface area is 298 Å². The average Bonchev–Trinajstić information content (AvgIpc) is 3.52. The first-order valence-corrected chi connectivity index (χ1v) is 18.2. The number of para-hydroxylation sites is 2. The highest BCUT2D eigenvalue weighted by Crippen LogP contribution is 2.46. The van der Waals surface area contributed by atoms with Crippen LogP contribution in [-0.4, -0.2) is 4.57 Å². The molecule has 0 N–H and O–H groups in total. The lowest BCUT2D eigenvalue weighted by Crippen LogP contribution is -2.12. The van der Waals surface area contributed by atoms with Crippen molar-refractivity contribution in [2.24, 2.45) is 5.92 Å². The van der Waals surface area contributed by atoms with Gasteiger partial charge < -0.3 is 9.47 Å². The van der Waals surface area contributed by atoms with Gasteiger partial charge in [-0.15, -0.1) is 0 Å². The van der Waals surface area contributed by atoms with Crippen molar-refractivity contribution < 1.29 is 0 Å². The fraction of sp³-hybridized carbons (Fsp3) is 0.102. The van der Waals surface area contributed by atoms with Gasteiger partial charge in [-0.2, -0.15) is 0 Å². The van der Waals surface area contributed by atoms with Gasteiger partial charge in [0.2, 0.25) is 0 Å². The Morgan fingerprint density at radius 3 is 2.22 bits per heavy atom. The second-order valence-corrected chi connectivity index (χ2v) is 14.1. The molecule has 2 aliphatic carbocycles. The molecule has 1 aromatic heterocycles. The highest BCUT2D eigenvalue weighted by Gasteiger charge is 2.24. The molecular formula is C49H38N2. The lowest BCUT2D eigenvalue weighted by atomic mass is 9.83. The van der Waals surface area contributed by atoms with Crippen LogP contribution in [0.3, 0.4) is 0 Å². The molecule has 0 aliphatic heterocycles. The summed E-state index contributed by atoms with van der Waals surface area (Å²) in [6.07, 6.45) is 14.9. The van der Waals surface area contributed by atoms with Gasteiger partial charge in [0.25, 0.3) is 0 Å². The Hall–Kier alpha value is -6.12. The molecule has 1 heterocycles. The topological polar surface area (TPSA) is 8.17 Å². The number of aromatic nitrogens is 1. The van der Waals surface area contributed by atoms with Crippen LogP contribution in [0.2, 0.25) is 0 Å². The normalized spacial score (nSPS) is 15.5. The van der Waals surface area contributed by atoms with Gasteiger partial charge in [-0.05, 0) is 112 Å². The molecule has 7 aromatic carbocycles. The molecule has 10 rings (SSSR count). The lowest BCUT2D eigenvalue weighted by Gasteiger charge is -2.29. The molecule has 0 amide bonds. The summed E-state index contributed by atoms with van der Waals surface area (Å²) < 4.78 is 2.45. The number of fused-ring (bicyclic) bond motifs is 9. The minimum Gasteiger partial charge on any atom is -0.310 e. The maximum absolute atomic E-state index is 2.47. The van der Waals surface area contributed by atoms with Gasteiger partial charge in [-0.25, -0.2) is 0 Å². The number of benzene rings is 7. The first kappa shape index (κ1) is 29.8. The van der Waals surface area contributed by atoms with E-state index in [1.165, 1.54) is 77.0 Å². The molecule has 244 valence electrons. The fourth-order valence-electron chi connectivity index (χ4n) is 8.60. The van der Waals surface area contributed by atoms with Crippen molar-refractivity contribution in [3.63, 3.8) is 0 Å². The van der Waals surface area contributed by atoms with Crippen molar-refractivity contribution in [3.05, 3.63) is 181 Å². The summed E-state index contributed by atoms with van der Waals surface area (Å²) in [6.45, 7) is 2.33. The Balaban J connectivity index is 1.25. The number of rotatable bonds is 5. The standard InChI is InChI=1S/C49H38N2/c1-33-26-28-44-45(30-33)40-21-9-8-20-39(40)43-23-13-25-47(49(43)44)50(36-17-6-3-7-18-36)38-27-29-42-41-22-10-11-24-46(41)51(48(42)32-38)37-19-12-16-35(31-37)34-14-4-2-5-15-34/h3-4,6-29,31-33H,2,5,30H2,1H3. The van der Waals surface area contributed by atoms with E-state index in [9.17, 15) is 0 Å². The third kappa shape index (κ3) is 4.86. The van der Waals surface area contributed by atoms with Crippen molar-refractivity contribution >= 4 is 72.1 Å². The van der Waals surface area contributed by atoms with Crippen LogP contribution in [0.4, 0.5) is 17.1 Å². The third-order valence-corrected chi connectivity index (χ3v) is 10.9. The number of nitrogens with zero attached hydrogens (tertiary/aromatic N) is 2. The largest absolute Gasteiger partial charge is 0.310 e. The molecule has 8 aromatic rings. The van der Waals surface area contributed by atoms with Crippen LogP contribution < -0.4 is 4.90 Å². The summed E-state index contributed by atoms with van der Waals surface area (Å²) in [5.41, 5.74) is 12.4. The van der Waals surface area contributed by atoms with Crippen LogP contribution in [0, 0.1) is 5.92 Å². The summed E-state index contributed by atoms with van der Waals surface area (Å²) >= 11 is 0. The minimum atomic E-state index is 0.504. The first-order valence-electron chi connectivity index (χ1n) is 18.2. The Morgan fingerprint density at radius 1 is 0.588 bits per heavy atom. The Bertz CT molecular complexity index is 2740. The van der Waals surface area contributed by atoms with Crippen LogP contribution in [-0.2, 0) is 6.42 Å². The number of allylic oxidation sites excluding steroid dienone is 5. The highest BCUT2D eigenvalue weighted by atomic mass is 15.1. The smallest absolute Gasteiger partial charge is 0.0561 e. The zero-order valence-electron chi connectivity index (χ0n) is 28.8. The highest BCUT2D eigenvalue weighted by molar-refractivity contribution is 6.18. The molecule has 0 saturated carbocycles. The van der Waals surface area contributed by atoms with E-state index in [4.69, 9.17) is 0 Å². The van der Waals surface area contributed by atoms with Crippen molar-refractivity contribution in [2.45, 2.75) is 26.2 Å². The number of hydrogen-bond donors (Lipinski definition) is 0. The minimum absolute atomic E-state index is 0.504. The van der Waals surface area contributed by atoms with Gasteiger partial charge >= 0.3 is 0 Å². The second kappa shape index (κ2) is 12.0. The molecule has 2 aliphatic rings. The Kier molecular flexibility index (Phi) is 7.02. The maximum atomic E-state index is 2.47. The molecule has 1 unspecified atom stereocenters. The van der Waals surface area contributed by atoms with Gasteiger partial charge in [0.15, 0.2) is 0 Å². The third-order valence-electron chi connectivity index (χ3n) is 10.9. The van der Waals surface area contributed by atoms with Crippen molar-refractivity contribution in [3.8, 4) is 5.69 Å². The van der Waals surface area contributed by atoms with Crippen LogP contribution in [0.5, 0.6) is 0 Å².